The van der Waals surface area contributed by atoms with E-state index in [0.717, 1.165) is 67.1 Å². The van der Waals surface area contributed by atoms with E-state index < -0.39 is 0 Å². The molecule has 3 aliphatic rings. The predicted octanol–water partition coefficient (Wildman–Crippen LogP) is 3.58. The van der Waals surface area contributed by atoms with Crippen LogP contribution in [0.4, 0.5) is 22.9 Å². The van der Waals surface area contributed by atoms with E-state index in [1.165, 1.54) is 5.69 Å². The van der Waals surface area contributed by atoms with Crippen LogP contribution in [0, 0.1) is 5.92 Å². The second kappa shape index (κ2) is 11.1. The van der Waals surface area contributed by atoms with Crippen LogP contribution in [-0.2, 0) is 17.9 Å². The number of carbonyl (C=O) groups excluding carboxylic acids is 2. The summed E-state index contributed by atoms with van der Waals surface area (Å²) in [5.41, 5.74) is 6.88. The van der Waals surface area contributed by atoms with Crippen LogP contribution in [0.15, 0.2) is 54.9 Å². The number of aromatic nitrogens is 5. The molecule has 1 atom stereocenters. The van der Waals surface area contributed by atoms with Crippen molar-refractivity contribution in [3.8, 4) is 11.1 Å². The van der Waals surface area contributed by atoms with Crippen molar-refractivity contribution in [1.29, 1.82) is 0 Å². The molecule has 1 unspecified atom stereocenters. The van der Waals surface area contributed by atoms with Gasteiger partial charge in [-0.2, -0.15) is 5.10 Å². The van der Waals surface area contributed by atoms with E-state index in [2.05, 4.69) is 64.8 Å². The summed E-state index contributed by atoms with van der Waals surface area (Å²) in [6, 6.07) is 14.1. The van der Waals surface area contributed by atoms with Gasteiger partial charge in [-0.3, -0.25) is 24.2 Å². The third-order valence-electron chi connectivity index (χ3n) is 8.40. The van der Waals surface area contributed by atoms with Crippen molar-refractivity contribution >= 4 is 34.7 Å². The summed E-state index contributed by atoms with van der Waals surface area (Å²) in [5, 5.41) is 22.0. The van der Waals surface area contributed by atoms with Crippen LogP contribution < -0.4 is 20.9 Å². The topological polar surface area (TPSA) is 133 Å². The minimum absolute atomic E-state index is 0.0231. The average Bonchev–Trinajstić information content (AvgIpc) is 3.64. The number of anilines is 4. The van der Waals surface area contributed by atoms with Gasteiger partial charge in [0.25, 0.3) is 5.91 Å². The van der Waals surface area contributed by atoms with E-state index in [9.17, 15) is 9.59 Å². The molecular formula is C31H34N10O2. The second-order valence-corrected chi connectivity index (χ2v) is 11.5. The number of rotatable bonds is 8. The quantitative estimate of drug-likeness (QED) is 0.287. The molecule has 5 heterocycles. The third-order valence-corrected chi connectivity index (χ3v) is 8.40. The standard InChI is InChI=1S/C31H34N10O2/c1-32-31(43)28-25(14-27(37-38-28)36-30(42)19-9-10-19)35-24-8-5-7-22-23-15-34-41(26(23)18-39(2)29(22)24)21-11-13-40(17-21)16-20-6-3-4-12-33-20/h3-8,12,14-15,19,21H,9-11,13,16-18H2,1-2H3,(H,32,43)(H2,35,36,37,42). The molecule has 0 radical (unpaired) electrons. The molecule has 3 aromatic heterocycles. The molecule has 1 aromatic carbocycles. The van der Waals surface area contributed by atoms with Crippen LogP contribution in [0.3, 0.4) is 0 Å². The maximum absolute atomic E-state index is 12.7. The number of fused-ring (bicyclic) bond motifs is 3. The molecule has 220 valence electrons. The van der Waals surface area contributed by atoms with Crippen molar-refractivity contribution in [1.82, 2.24) is 35.2 Å². The highest BCUT2D eigenvalue weighted by Gasteiger charge is 2.32. The Morgan fingerprint density at radius 1 is 1.02 bits per heavy atom. The van der Waals surface area contributed by atoms with Gasteiger partial charge in [0, 0.05) is 63.0 Å². The third kappa shape index (κ3) is 5.29. The minimum Gasteiger partial charge on any atom is -0.366 e. The van der Waals surface area contributed by atoms with E-state index in [0.29, 0.717) is 24.1 Å². The van der Waals surface area contributed by atoms with Crippen molar-refractivity contribution in [3.63, 3.8) is 0 Å². The molecule has 12 heteroatoms. The molecule has 3 N–H and O–H groups in total. The normalized spacial score (nSPS) is 17.7. The van der Waals surface area contributed by atoms with Gasteiger partial charge >= 0.3 is 0 Å². The van der Waals surface area contributed by atoms with E-state index in [4.69, 9.17) is 5.10 Å². The van der Waals surface area contributed by atoms with Crippen LogP contribution >= 0.6 is 0 Å². The Hall–Kier alpha value is -4.84. The van der Waals surface area contributed by atoms with E-state index in [-0.39, 0.29) is 23.4 Å². The lowest BCUT2D eigenvalue weighted by atomic mass is 9.97. The zero-order valence-electron chi connectivity index (χ0n) is 24.2. The van der Waals surface area contributed by atoms with Crippen molar-refractivity contribution in [2.45, 2.75) is 38.4 Å². The van der Waals surface area contributed by atoms with E-state index in [1.807, 2.05) is 36.7 Å². The Labute approximate surface area is 249 Å². The molecular weight excluding hydrogens is 544 g/mol. The first-order chi connectivity index (χ1) is 21.0. The molecule has 2 aliphatic heterocycles. The van der Waals surface area contributed by atoms with Gasteiger partial charge in [0.2, 0.25) is 5.91 Å². The van der Waals surface area contributed by atoms with Gasteiger partial charge in [0.05, 0.1) is 47.2 Å². The highest BCUT2D eigenvalue weighted by atomic mass is 16.2. The lowest BCUT2D eigenvalue weighted by Crippen LogP contribution is -2.27. The Bertz CT molecular complexity index is 1680. The number of nitrogens with zero attached hydrogens (tertiary/aromatic N) is 7. The Morgan fingerprint density at radius 3 is 2.70 bits per heavy atom. The van der Waals surface area contributed by atoms with Gasteiger partial charge < -0.3 is 20.9 Å². The second-order valence-electron chi connectivity index (χ2n) is 11.5. The fraction of sp³-hybridized carbons (Fsp3) is 0.355. The fourth-order valence-corrected chi connectivity index (χ4v) is 6.09. The van der Waals surface area contributed by atoms with Crippen LogP contribution in [-0.4, -0.2) is 68.9 Å². The number of benzene rings is 1. The van der Waals surface area contributed by atoms with Crippen molar-refractivity contribution in [2.75, 3.05) is 42.7 Å². The van der Waals surface area contributed by atoms with Gasteiger partial charge in [-0.15, -0.1) is 10.2 Å². The molecule has 1 saturated heterocycles. The molecule has 12 nitrogen and oxygen atoms in total. The Kier molecular flexibility index (Phi) is 6.98. The van der Waals surface area contributed by atoms with E-state index >= 15 is 0 Å². The molecule has 1 aliphatic carbocycles. The average molecular weight is 579 g/mol. The lowest BCUT2D eigenvalue weighted by Gasteiger charge is -2.31. The van der Waals surface area contributed by atoms with E-state index in [1.54, 1.807) is 13.1 Å². The number of nitrogens with one attached hydrogen (secondary N) is 3. The first kappa shape index (κ1) is 27.0. The number of pyridine rings is 1. The number of likely N-dealkylation sites (tertiary alicyclic amines) is 1. The minimum atomic E-state index is -0.370. The van der Waals surface area contributed by atoms with Gasteiger partial charge in [0.15, 0.2) is 11.5 Å². The van der Waals surface area contributed by atoms with Gasteiger partial charge in [0.1, 0.15) is 0 Å². The van der Waals surface area contributed by atoms with Crippen LogP contribution in [0.5, 0.6) is 0 Å². The summed E-state index contributed by atoms with van der Waals surface area (Å²) in [5.74, 6) is -0.112. The number of hydrogen-bond donors (Lipinski definition) is 3. The maximum atomic E-state index is 12.7. The number of hydrogen-bond acceptors (Lipinski definition) is 9. The molecule has 2 fully saturated rings. The van der Waals surface area contributed by atoms with Crippen molar-refractivity contribution < 1.29 is 9.59 Å². The van der Waals surface area contributed by atoms with Crippen molar-refractivity contribution in [2.24, 2.45) is 5.92 Å². The fourth-order valence-electron chi connectivity index (χ4n) is 6.09. The Morgan fingerprint density at radius 2 is 1.91 bits per heavy atom. The van der Waals surface area contributed by atoms with Gasteiger partial charge in [-0.25, -0.2) is 0 Å². The van der Waals surface area contributed by atoms with Crippen LogP contribution in [0.2, 0.25) is 0 Å². The highest BCUT2D eigenvalue weighted by molar-refractivity contribution is 6.01. The van der Waals surface area contributed by atoms with Gasteiger partial charge in [-0.05, 0) is 37.5 Å². The zero-order chi connectivity index (χ0) is 29.5. The smallest absolute Gasteiger partial charge is 0.273 e. The van der Waals surface area contributed by atoms with Crippen molar-refractivity contribution in [3.05, 3.63) is 71.9 Å². The summed E-state index contributed by atoms with van der Waals surface area (Å²) in [6.07, 6.45) is 6.62. The molecule has 0 bridgehead atoms. The maximum Gasteiger partial charge on any atom is 0.273 e. The number of amides is 2. The first-order valence-corrected chi connectivity index (χ1v) is 14.7. The Balaban J connectivity index is 1.16. The first-order valence-electron chi connectivity index (χ1n) is 14.7. The van der Waals surface area contributed by atoms with Crippen LogP contribution in [0.1, 0.15) is 47.2 Å². The summed E-state index contributed by atoms with van der Waals surface area (Å²) >= 11 is 0. The number of carbonyl (C=O) groups is 2. The lowest BCUT2D eigenvalue weighted by molar-refractivity contribution is -0.117. The molecule has 7 rings (SSSR count). The van der Waals surface area contributed by atoms with Crippen LogP contribution in [0.25, 0.3) is 11.1 Å². The SMILES string of the molecule is CNC(=O)c1nnc(NC(=O)C2CC2)cc1Nc1cccc2c1N(C)Cc1c-2cnn1C1CCN(Cc2ccccn2)C1. The number of para-hydroxylation sites is 1. The highest BCUT2D eigenvalue weighted by Crippen LogP contribution is 2.45. The molecule has 2 amide bonds. The summed E-state index contributed by atoms with van der Waals surface area (Å²) in [6.45, 7) is 3.47. The summed E-state index contributed by atoms with van der Waals surface area (Å²) in [4.78, 5) is 34.2. The molecule has 43 heavy (non-hydrogen) atoms. The molecule has 0 spiro atoms. The molecule has 1 saturated carbocycles. The van der Waals surface area contributed by atoms with Gasteiger partial charge in [-0.1, -0.05) is 18.2 Å². The summed E-state index contributed by atoms with van der Waals surface area (Å²) < 4.78 is 2.21. The molecule has 4 aromatic rings. The summed E-state index contributed by atoms with van der Waals surface area (Å²) in [7, 11) is 3.62. The zero-order valence-corrected chi connectivity index (χ0v) is 24.2. The largest absolute Gasteiger partial charge is 0.366 e. The monoisotopic (exact) mass is 578 g/mol. The predicted molar refractivity (Wildman–Crippen MR) is 163 cm³/mol.